The molecule has 0 saturated heterocycles. The van der Waals surface area contributed by atoms with Crippen molar-refractivity contribution in [3.05, 3.63) is 39.6 Å². The van der Waals surface area contributed by atoms with Gasteiger partial charge in [-0.1, -0.05) is 11.6 Å². The smallest absolute Gasteiger partial charge is 0.222 e. The van der Waals surface area contributed by atoms with E-state index in [0.29, 0.717) is 15.6 Å². The second kappa shape index (κ2) is 3.55. The van der Waals surface area contributed by atoms with Gasteiger partial charge in [-0.2, -0.15) is 0 Å². The second-order valence-corrected chi connectivity index (χ2v) is 4.14. The number of thiophene rings is 1. The lowest BCUT2D eigenvalue weighted by Crippen LogP contribution is -2.05. The first-order chi connectivity index (χ1) is 6.70. The highest BCUT2D eigenvalue weighted by atomic mass is 35.5. The number of carbonyl (C=O) groups excluding carboxylic acids is 1. The molecule has 0 atom stereocenters. The Bertz CT molecular complexity index is 432. The quantitative estimate of drug-likeness (QED) is 0.737. The molecule has 0 unspecified atom stereocenters. The monoisotopic (exact) mass is 226 g/mol. The summed E-state index contributed by atoms with van der Waals surface area (Å²) in [6.45, 7) is 0. The van der Waals surface area contributed by atoms with Gasteiger partial charge in [-0.25, -0.2) is 4.98 Å². The van der Waals surface area contributed by atoms with Crippen molar-refractivity contribution >= 4 is 28.7 Å². The van der Waals surface area contributed by atoms with Crippen molar-refractivity contribution in [2.45, 2.75) is 0 Å². The SMILES string of the molecule is Cn1cncc1C(=O)c1sccc1Cl. The van der Waals surface area contributed by atoms with Crippen LogP contribution in [-0.4, -0.2) is 15.3 Å². The minimum atomic E-state index is -0.0787. The van der Waals surface area contributed by atoms with Crippen molar-refractivity contribution in [2.75, 3.05) is 0 Å². The van der Waals surface area contributed by atoms with Crippen LogP contribution < -0.4 is 0 Å². The number of nitrogens with zero attached hydrogens (tertiary/aromatic N) is 2. The molecule has 0 radical (unpaired) electrons. The van der Waals surface area contributed by atoms with Crippen LogP contribution in [0.3, 0.4) is 0 Å². The van der Waals surface area contributed by atoms with Crippen LogP contribution >= 0.6 is 22.9 Å². The summed E-state index contributed by atoms with van der Waals surface area (Å²) in [4.78, 5) is 16.3. The molecule has 2 aromatic heterocycles. The molecule has 5 heteroatoms. The van der Waals surface area contributed by atoms with Gasteiger partial charge in [0.25, 0.3) is 0 Å². The van der Waals surface area contributed by atoms with Crippen molar-refractivity contribution in [3.8, 4) is 0 Å². The molecule has 0 spiro atoms. The van der Waals surface area contributed by atoms with Crippen LogP contribution in [-0.2, 0) is 7.05 Å². The Morgan fingerprint density at radius 3 is 2.93 bits per heavy atom. The van der Waals surface area contributed by atoms with Crippen LogP contribution in [0.5, 0.6) is 0 Å². The van der Waals surface area contributed by atoms with Gasteiger partial charge in [-0.15, -0.1) is 11.3 Å². The van der Waals surface area contributed by atoms with Crippen LogP contribution in [0.15, 0.2) is 24.0 Å². The van der Waals surface area contributed by atoms with Crippen LogP contribution in [0, 0.1) is 0 Å². The Kier molecular flexibility index (Phi) is 2.39. The van der Waals surface area contributed by atoms with Crippen molar-refractivity contribution in [3.63, 3.8) is 0 Å². The zero-order valence-electron chi connectivity index (χ0n) is 7.40. The average Bonchev–Trinajstić information content (AvgIpc) is 2.73. The normalized spacial score (nSPS) is 10.4. The lowest BCUT2D eigenvalue weighted by Gasteiger charge is -1.98. The largest absolute Gasteiger partial charge is 0.331 e. The summed E-state index contributed by atoms with van der Waals surface area (Å²) >= 11 is 7.21. The first kappa shape index (κ1) is 9.43. The zero-order valence-corrected chi connectivity index (χ0v) is 8.97. The minimum absolute atomic E-state index is 0.0787. The lowest BCUT2D eigenvalue weighted by molar-refractivity contribution is 0.103. The number of hydrogen-bond acceptors (Lipinski definition) is 3. The Morgan fingerprint density at radius 1 is 1.64 bits per heavy atom. The van der Waals surface area contributed by atoms with Crippen LogP contribution in [0.4, 0.5) is 0 Å². The standard InChI is InChI=1S/C9H7ClN2OS/c1-12-5-11-4-7(12)8(13)9-6(10)2-3-14-9/h2-5H,1H3. The third-order valence-corrected chi connectivity index (χ3v) is 3.21. The van der Waals surface area contributed by atoms with Gasteiger partial charge in [-0.3, -0.25) is 4.79 Å². The molecule has 0 fully saturated rings. The van der Waals surface area contributed by atoms with Crippen LogP contribution in [0.25, 0.3) is 0 Å². The molecule has 0 N–H and O–H groups in total. The fraction of sp³-hybridized carbons (Fsp3) is 0.111. The topological polar surface area (TPSA) is 34.9 Å². The average molecular weight is 227 g/mol. The third kappa shape index (κ3) is 1.47. The van der Waals surface area contributed by atoms with Gasteiger partial charge >= 0.3 is 0 Å². The Labute approximate surface area is 90.0 Å². The highest BCUT2D eigenvalue weighted by Crippen LogP contribution is 2.24. The van der Waals surface area contributed by atoms with Gasteiger partial charge in [0.2, 0.25) is 5.78 Å². The van der Waals surface area contributed by atoms with E-state index in [1.165, 1.54) is 11.3 Å². The van der Waals surface area contributed by atoms with Gasteiger partial charge in [-0.05, 0) is 11.4 Å². The number of hydrogen-bond donors (Lipinski definition) is 0. The summed E-state index contributed by atoms with van der Waals surface area (Å²) < 4.78 is 1.68. The Balaban J connectivity index is 2.44. The maximum Gasteiger partial charge on any atom is 0.222 e. The zero-order chi connectivity index (χ0) is 10.1. The van der Waals surface area contributed by atoms with Crippen LogP contribution in [0.1, 0.15) is 15.4 Å². The Morgan fingerprint density at radius 2 is 2.43 bits per heavy atom. The number of ketones is 1. The van der Waals surface area contributed by atoms with Gasteiger partial charge in [0.05, 0.1) is 22.4 Å². The van der Waals surface area contributed by atoms with E-state index in [2.05, 4.69) is 4.98 Å². The predicted octanol–water partition coefficient (Wildman–Crippen LogP) is 2.37. The molecular formula is C9H7ClN2OS. The highest BCUT2D eigenvalue weighted by molar-refractivity contribution is 7.13. The van der Waals surface area contributed by atoms with Gasteiger partial charge in [0.1, 0.15) is 5.69 Å². The van der Waals surface area contributed by atoms with E-state index >= 15 is 0 Å². The maximum atomic E-state index is 11.9. The van der Waals surface area contributed by atoms with E-state index in [0.717, 1.165) is 0 Å². The number of aryl methyl sites for hydroxylation is 1. The number of halogens is 1. The molecule has 72 valence electrons. The molecule has 0 aliphatic carbocycles. The van der Waals surface area contributed by atoms with E-state index in [4.69, 9.17) is 11.6 Å². The molecule has 2 heterocycles. The summed E-state index contributed by atoms with van der Waals surface area (Å²) in [6, 6.07) is 1.72. The summed E-state index contributed by atoms with van der Waals surface area (Å²) in [6.07, 6.45) is 3.13. The summed E-state index contributed by atoms with van der Waals surface area (Å²) in [5.74, 6) is -0.0787. The molecule has 0 amide bonds. The molecule has 0 aliphatic rings. The molecule has 2 rings (SSSR count). The first-order valence-corrected chi connectivity index (χ1v) is 5.20. The van der Waals surface area contributed by atoms with E-state index < -0.39 is 0 Å². The minimum Gasteiger partial charge on any atom is -0.331 e. The van der Waals surface area contributed by atoms with E-state index in [-0.39, 0.29) is 5.78 Å². The molecular weight excluding hydrogens is 220 g/mol. The number of imidazole rings is 1. The lowest BCUT2D eigenvalue weighted by atomic mass is 10.2. The highest BCUT2D eigenvalue weighted by Gasteiger charge is 2.16. The maximum absolute atomic E-state index is 11.9. The van der Waals surface area contributed by atoms with Crippen molar-refractivity contribution in [1.82, 2.24) is 9.55 Å². The molecule has 0 saturated carbocycles. The third-order valence-electron chi connectivity index (χ3n) is 1.87. The van der Waals surface area contributed by atoms with Crippen molar-refractivity contribution in [1.29, 1.82) is 0 Å². The predicted molar refractivity (Wildman–Crippen MR) is 56.0 cm³/mol. The molecule has 3 nitrogen and oxygen atoms in total. The summed E-state index contributed by atoms with van der Waals surface area (Å²) in [5, 5.41) is 2.30. The fourth-order valence-corrected chi connectivity index (χ4v) is 2.24. The molecule has 14 heavy (non-hydrogen) atoms. The van der Waals surface area contributed by atoms with Crippen molar-refractivity contribution in [2.24, 2.45) is 7.05 Å². The Hall–Kier alpha value is -1.13. The van der Waals surface area contributed by atoms with Gasteiger partial charge in [0.15, 0.2) is 0 Å². The molecule has 2 aromatic rings. The number of aromatic nitrogens is 2. The molecule has 0 aromatic carbocycles. The number of carbonyl (C=O) groups is 1. The molecule has 0 aliphatic heterocycles. The van der Waals surface area contributed by atoms with E-state index in [1.54, 1.807) is 35.6 Å². The van der Waals surface area contributed by atoms with Crippen LogP contribution in [0.2, 0.25) is 5.02 Å². The molecule has 0 bridgehead atoms. The van der Waals surface area contributed by atoms with Gasteiger partial charge in [0, 0.05) is 7.05 Å². The second-order valence-electron chi connectivity index (χ2n) is 2.82. The van der Waals surface area contributed by atoms with E-state index in [1.807, 2.05) is 0 Å². The summed E-state index contributed by atoms with van der Waals surface area (Å²) in [7, 11) is 1.78. The fourth-order valence-electron chi connectivity index (χ4n) is 1.15. The summed E-state index contributed by atoms with van der Waals surface area (Å²) in [5.41, 5.74) is 0.550. The first-order valence-electron chi connectivity index (χ1n) is 3.94. The van der Waals surface area contributed by atoms with E-state index in [9.17, 15) is 4.79 Å². The number of rotatable bonds is 2. The van der Waals surface area contributed by atoms with Gasteiger partial charge < -0.3 is 4.57 Å². The van der Waals surface area contributed by atoms with Crippen molar-refractivity contribution < 1.29 is 4.79 Å².